The molecule has 0 radical (unpaired) electrons. The number of likely N-dealkylation sites (tertiary alicyclic amines) is 2. The second-order valence-electron chi connectivity index (χ2n) is 7.09. The van der Waals surface area contributed by atoms with Crippen molar-refractivity contribution in [3.8, 4) is 11.3 Å². The third kappa shape index (κ3) is 3.33. The molecule has 5 heteroatoms. The minimum atomic E-state index is 0.205. The van der Waals surface area contributed by atoms with Crippen molar-refractivity contribution < 1.29 is 9.21 Å². The lowest BCUT2D eigenvalue weighted by Crippen LogP contribution is -2.47. The van der Waals surface area contributed by atoms with Crippen molar-refractivity contribution in [3.63, 3.8) is 0 Å². The summed E-state index contributed by atoms with van der Waals surface area (Å²) in [5, 5.41) is 0. The van der Waals surface area contributed by atoms with Crippen LogP contribution in [0.25, 0.3) is 11.3 Å². The molecule has 4 rings (SSSR count). The minimum absolute atomic E-state index is 0.205. The second kappa shape index (κ2) is 7.00. The van der Waals surface area contributed by atoms with Crippen LogP contribution in [-0.4, -0.2) is 45.9 Å². The van der Waals surface area contributed by atoms with Crippen LogP contribution in [0.15, 0.2) is 40.9 Å². The van der Waals surface area contributed by atoms with Gasteiger partial charge in [0.25, 0.3) is 0 Å². The Balaban J connectivity index is 1.47. The predicted molar refractivity (Wildman–Crippen MR) is 95.8 cm³/mol. The van der Waals surface area contributed by atoms with Gasteiger partial charge in [0.15, 0.2) is 5.76 Å². The lowest BCUT2D eigenvalue weighted by atomic mass is 10.0. The summed E-state index contributed by atoms with van der Waals surface area (Å²) < 4.78 is 5.98. The molecule has 1 aromatic carbocycles. The van der Waals surface area contributed by atoms with Crippen LogP contribution in [0.1, 0.15) is 38.5 Å². The standard InChI is InChI=1S/C20H25N3O2/c1-15(24)23-12-6-10-18(23)17-9-5-11-22(17)14-20-21-13-19(25-20)16-7-3-2-4-8-16/h2-4,7-8,13,17-18H,5-6,9-12,14H2,1H3/t17-,18-/m0/s1. The van der Waals surface area contributed by atoms with Gasteiger partial charge in [-0.2, -0.15) is 0 Å². The third-order valence-corrected chi connectivity index (χ3v) is 5.51. The molecule has 2 atom stereocenters. The van der Waals surface area contributed by atoms with Gasteiger partial charge >= 0.3 is 0 Å². The average Bonchev–Trinajstić information content (AvgIpc) is 3.36. The van der Waals surface area contributed by atoms with Gasteiger partial charge in [0.2, 0.25) is 11.8 Å². The molecule has 1 aromatic heterocycles. The molecule has 2 aromatic rings. The fraction of sp³-hybridized carbons (Fsp3) is 0.500. The van der Waals surface area contributed by atoms with Crippen LogP contribution >= 0.6 is 0 Å². The van der Waals surface area contributed by atoms with Crippen LogP contribution in [0.5, 0.6) is 0 Å². The van der Waals surface area contributed by atoms with Gasteiger partial charge in [0, 0.05) is 31.1 Å². The third-order valence-electron chi connectivity index (χ3n) is 5.51. The van der Waals surface area contributed by atoms with E-state index in [1.54, 1.807) is 6.92 Å². The van der Waals surface area contributed by atoms with E-state index >= 15 is 0 Å². The van der Waals surface area contributed by atoms with Gasteiger partial charge in [-0.05, 0) is 32.2 Å². The largest absolute Gasteiger partial charge is 0.439 e. The van der Waals surface area contributed by atoms with E-state index in [0.717, 1.165) is 56.1 Å². The monoisotopic (exact) mass is 339 g/mol. The summed E-state index contributed by atoms with van der Waals surface area (Å²) in [5.41, 5.74) is 1.05. The molecular weight excluding hydrogens is 314 g/mol. The molecule has 2 aliphatic rings. The van der Waals surface area contributed by atoms with E-state index in [0.29, 0.717) is 12.1 Å². The van der Waals surface area contributed by atoms with E-state index in [4.69, 9.17) is 4.42 Å². The van der Waals surface area contributed by atoms with E-state index in [9.17, 15) is 4.79 Å². The smallest absolute Gasteiger partial charge is 0.219 e. The van der Waals surface area contributed by atoms with Gasteiger partial charge in [0.1, 0.15) is 0 Å². The Morgan fingerprint density at radius 1 is 1.16 bits per heavy atom. The number of benzene rings is 1. The van der Waals surface area contributed by atoms with Gasteiger partial charge < -0.3 is 9.32 Å². The summed E-state index contributed by atoms with van der Waals surface area (Å²) >= 11 is 0. The van der Waals surface area contributed by atoms with Gasteiger partial charge in [-0.1, -0.05) is 30.3 Å². The number of hydrogen-bond acceptors (Lipinski definition) is 4. The Kier molecular flexibility index (Phi) is 4.57. The van der Waals surface area contributed by atoms with Crippen molar-refractivity contribution in [2.24, 2.45) is 0 Å². The molecule has 0 aliphatic carbocycles. The average molecular weight is 339 g/mol. The zero-order valence-corrected chi connectivity index (χ0v) is 14.7. The number of rotatable bonds is 4. The normalized spacial score (nSPS) is 24.1. The Hall–Kier alpha value is -2.14. The highest BCUT2D eigenvalue weighted by molar-refractivity contribution is 5.74. The molecule has 1 amide bonds. The number of nitrogens with zero attached hydrogens (tertiary/aromatic N) is 3. The summed E-state index contributed by atoms with van der Waals surface area (Å²) in [4.78, 5) is 20.9. The number of carbonyl (C=O) groups is 1. The molecular formula is C20H25N3O2. The molecule has 0 N–H and O–H groups in total. The first-order chi connectivity index (χ1) is 12.2. The Morgan fingerprint density at radius 2 is 1.92 bits per heavy atom. The summed E-state index contributed by atoms with van der Waals surface area (Å²) in [6, 6.07) is 10.9. The number of oxazole rings is 1. The number of amides is 1. The van der Waals surface area contributed by atoms with Crippen molar-refractivity contribution in [1.82, 2.24) is 14.8 Å². The molecule has 2 aliphatic heterocycles. The lowest BCUT2D eigenvalue weighted by Gasteiger charge is -2.34. The van der Waals surface area contributed by atoms with E-state index in [2.05, 4.69) is 14.8 Å². The summed E-state index contributed by atoms with van der Waals surface area (Å²) in [7, 11) is 0. The van der Waals surface area contributed by atoms with Crippen LogP contribution < -0.4 is 0 Å². The van der Waals surface area contributed by atoms with E-state index in [1.165, 1.54) is 6.42 Å². The van der Waals surface area contributed by atoms with Gasteiger partial charge in [0.05, 0.1) is 12.7 Å². The molecule has 25 heavy (non-hydrogen) atoms. The topological polar surface area (TPSA) is 49.6 Å². The van der Waals surface area contributed by atoms with E-state index in [1.807, 2.05) is 36.5 Å². The molecule has 0 spiro atoms. The van der Waals surface area contributed by atoms with E-state index < -0.39 is 0 Å². The minimum Gasteiger partial charge on any atom is -0.439 e. The lowest BCUT2D eigenvalue weighted by molar-refractivity contribution is -0.130. The van der Waals surface area contributed by atoms with Crippen molar-refractivity contribution in [3.05, 3.63) is 42.4 Å². The van der Waals surface area contributed by atoms with Crippen molar-refractivity contribution in [1.29, 1.82) is 0 Å². The number of carbonyl (C=O) groups excluding carboxylic acids is 1. The Bertz CT molecular complexity index is 728. The fourth-order valence-electron chi connectivity index (χ4n) is 4.36. The van der Waals surface area contributed by atoms with Crippen molar-refractivity contribution >= 4 is 5.91 Å². The maximum Gasteiger partial charge on any atom is 0.219 e. The van der Waals surface area contributed by atoms with Crippen molar-refractivity contribution in [2.75, 3.05) is 13.1 Å². The molecule has 132 valence electrons. The summed E-state index contributed by atoms with van der Waals surface area (Å²) in [5.74, 6) is 1.78. The molecule has 2 fully saturated rings. The molecule has 0 saturated carbocycles. The Labute approximate surface area is 148 Å². The van der Waals surface area contributed by atoms with Gasteiger partial charge in [-0.15, -0.1) is 0 Å². The number of hydrogen-bond donors (Lipinski definition) is 0. The first-order valence-electron chi connectivity index (χ1n) is 9.24. The van der Waals surface area contributed by atoms with Crippen LogP contribution in [0, 0.1) is 0 Å². The highest BCUT2D eigenvalue weighted by Crippen LogP contribution is 2.31. The molecule has 0 unspecified atom stereocenters. The second-order valence-corrected chi connectivity index (χ2v) is 7.09. The molecule has 2 saturated heterocycles. The first kappa shape index (κ1) is 16.3. The SMILES string of the molecule is CC(=O)N1CCC[C@H]1[C@@H]1CCCN1Cc1ncc(-c2ccccc2)o1. The van der Waals surface area contributed by atoms with Gasteiger partial charge in [-0.3, -0.25) is 9.69 Å². The highest BCUT2D eigenvalue weighted by atomic mass is 16.4. The maximum atomic E-state index is 11.9. The van der Waals surface area contributed by atoms with Crippen molar-refractivity contribution in [2.45, 2.75) is 51.2 Å². The fourth-order valence-corrected chi connectivity index (χ4v) is 4.36. The zero-order chi connectivity index (χ0) is 17.2. The van der Waals surface area contributed by atoms with E-state index in [-0.39, 0.29) is 5.91 Å². The first-order valence-corrected chi connectivity index (χ1v) is 9.24. The Morgan fingerprint density at radius 3 is 2.72 bits per heavy atom. The predicted octanol–water partition coefficient (Wildman–Crippen LogP) is 3.32. The van der Waals surface area contributed by atoms with Crippen LogP contribution in [0.4, 0.5) is 0 Å². The molecule has 5 nitrogen and oxygen atoms in total. The van der Waals surface area contributed by atoms with Crippen LogP contribution in [-0.2, 0) is 11.3 Å². The van der Waals surface area contributed by atoms with Crippen LogP contribution in [0.3, 0.4) is 0 Å². The molecule has 0 bridgehead atoms. The quantitative estimate of drug-likeness (QED) is 0.857. The molecule has 3 heterocycles. The number of aromatic nitrogens is 1. The zero-order valence-electron chi connectivity index (χ0n) is 14.7. The van der Waals surface area contributed by atoms with Crippen LogP contribution in [0.2, 0.25) is 0 Å². The summed E-state index contributed by atoms with van der Waals surface area (Å²) in [6.45, 7) is 4.37. The maximum absolute atomic E-state index is 11.9. The highest BCUT2D eigenvalue weighted by Gasteiger charge is 2.39. The summed E-state index contributed by atoms with van der Waals surface area (Å²) in [6.07, 6.45) is 6.38. The van der Waals surface area contributed by atoms with Gasteiger partial charge in [-0.25, -0.2) is 4.98 Å².